The molecule has 1 aliphatic rings. The summed E-state index contributed by atoms with van der Waals surface area (Å²) >= 11 is 0. The summed E-state index contributed by atoms with van der Waals surface area (Å²) in [5, 5.41) is 0. The lowest BCUT2D eigenvalue weighted by Gasteiger charge is -2.35. The zero-order valence-electron chi connectivity index (χ0n) is 12.6. The van der Waals surface area contributed by atoms with Crippen LogP contribution < -0.4 is 10.6 Å². The third-order valence-electron chi connectivity index (χ3n) is 4.77. The van der Waals surface area contributed by atoms with Crippen molar-refractivity contribution in [2.75, 3.05) is 11.9 Å². The maximum atomic E-state index is 5.99. The van der Waals surface area contributed by atoms with Gasteiger partial charge in [-0.1, -0.05) is 26.0 Å². The number of benzene rings is 1. The summed E-state index contributed by atoms with van der Waals surface area (Å²) in [6, 6.07) is 10.2. The maximum absolute atomic E-state index is 5.99. The second-order valence-corrected chi connectivity index (χ2v) is 6.08. The zero-order chi connectivity index (χ0) is 13.8. The number of hydrogen-bond acceptors (Lipinski definition) is 2. The molecule has 0 saturated heterocycles. The van der Waals surface area contributed by atoms with Gasteiger partial charge in [0.25, 0.3) is 0 Å². The minimum Gasteiger partial charge on any atom is -0.372 e. The lowest BCUT2D eigenvalue weighted by atomic mass is 9.90. The second-order valence-electron chi connectivity index (χ2n) is 6.08. The number of hydrogen-bond donors (Lipinski definition) is 1. The van der Waals surface area contributed by atoms with E-state index >= 15 is 0 Å². The first-order valence-corrected chi connectivity index (χ1v) is 7.70. The molecule has 0 radical (unpaired) electrons. The first-order valence-electron chi connectivity index (χ1n) is 7.70. The molecule has 1 aromatic rings. The van der Waals surface area contributed by atoms with Gasteiger partial charge in [0, 0.05) is 24.8 Å². The molecule has 0 aromatic heterocycles. The standard InChI is InChI=1S/C17H28N2/c1-4-13(2)14-5-9-16(10-6-14)19(3)17-11-7-15(18)8-12-17/h5-6,9-10,13,15,17H,4,7-8,11-12,18H2,1-3H3. The van der Waals surface area contributed by atoms with Gasteiger partial charge < -0.3 is 10.6 Å². The molecule has 2 N–H and O–H groups in total. The highest BCUT2D eigenvalue weighted by molar-refractivity contribution is 5.48. The van der Waals surface area contributed by atoms with Gasteiger partial charge in [-0.15, -0.1) is 0 Å². The highest BCUT2D eigenvalue weighted by Crippen LogP contribution is 2.27. The van der Waals surface area contributed by atoms with Crippen LogP contribution in [0.25, 0.3) is 0 Å². The van der Waals surface area contributed by atoms with Crippen molar-refractivity contribution in [3.05, 3.63) is 29.8 Å². The smallest absolute Gasteiger partial charge is 0.0366 e. The van der Waals surface area contributed by atoms with Crippen molar-refractivity contribution in [2.24, 2.45) is 5.73 Å². The second kappa shape index (κ2) is 6.42. The molecule has 2 nitrogen and oxygen atoms in total. The van der Waals surface area contributed by atoms with E-state index in [-0.39, 0.29) is 0 Å². The van der Waals surface area contributed by atoms with Crippen LogP contribution in [0.1, 0.15) is 57.4 Å². The molecule has 0 heterocycles. The van der Waals surface area contributed by atoms with Gasteiger partial charge in [-0.2, -0.15) is 0 Å². The van der Waals surface area contributed by atoms with Crippen molar-refractivity contribution < 1.29 is 0 Å². The summed E-state index contributed by atoms with van der Waals surface area (Å²) in [6.45, 7) is 4.54. The molecule has 0 bridgehead atoms. The molecule has 106 valence electrons. The van der Waals surface area contributed by atoms with Crippen molar-refractivity contribution in [3.63, 3.8) is 0 Å². The summed E-state index contributed by atoms with van der Waals surface area (Å²) in [4.78, 5) is 2.44. The summed E-state index contributed by atoms with van der Waals surface area (Å²) in [5.41, 5.74) is 8.78. The Labute approximate surface area is 118 Å². The zero-order valence-corrected chi connectivity index (χ0v) is 12.6. The van der Waals surface area contributed by atoms with Gasteiger partial charge >= 0.3 is 0 Å². The minimum atomic E-state index is 0.428. The molecule has 1 saturated carbocycles. The molecule has 1 fully saturated rings. The molecule has 19 heavy (non-hydrogen) atoms. The normalized spacial score (nSPS) is 25.1. The molecule has 0 aliphatic heterocycles. The number of nitrogens with zero attached hydrogens (tertiary/aromatic N) is 1. The Morgan fingerprint density at radius 3 is 2.26 bits per heavy atom. The van der Waals surface area contributed by atoms with Gasteiger partial charge in [-0.25, -0.2) is 0 Å². The van der Waals surface area contributed by atoms with Crippen LogP contribution in [0.15, 0.2) is 24.3 Å². The fourth-order valence-corrected chi connectivity index (χ4v) is 2.97. The quantitative estimate of drug-likeness (QED) is 0.889. The van der Waals surface area contributed by atoms with E-state index in [0.717, 1.165) is 0 Å². The van der Waals surface area contributed by atoms with Gasteiger partial charge in [0.15, 0.2) is 0 Å². The molecule has 2 rings (SSSR count). The Hall–Kier alpha value is -1.02. The van der Waals surface area contributed by atoms with Gasteiger partial charge in [0.2, 0.25) is 0 Å². The minimum absolute atomic E-state index is 0.428. The topological polar surface area (TPSA) is 29.3 Å². The maximum Gasteiger partial charge on any atom is 0.0366 e. The van der Waals surface area contributed by atoms with Crippen LogP contribution in [0.3, 0.4) is 0 Å². The van der Waals surface area contributed by atoms with Crippen LogP contribution in [0.4, 0.5) is 5.69 Å². The molecule has 1 aromatic carbocycles. The predicted molar refractivity (Wildman–Crippen MR) is 83.8 cm³/mol. The van der Waals surface area contributed by atoms with E-state index in [2.05, 4.69) is 50.1 Å². The van der Waals surface area contributed by atoms with E-state index < -0.39 is 0 Å². The van der Waals surface area contributed by atoms with E-state index in [1.54, 1.807) is 0 Å². The molecule has 1 aliphatic carbocycles. The van der Waals surface area contributed by atoms with Crippen LogP contribution in [0.2, 0.25) is 0 Å². The van der Waals surface area contributed by atoms with Gasteiger partial charge in [0.1, 0.15) is 0 Å². The first kappa shape index (κ1) is 14.4. The lowest BCUT2D eigenvalue weighted by molar-refractivity contribution is 0.385. The lowest BCUT2D eigenvalue weighted by Crippen LogP contribution is -2.38. The molecule has 0 spiro atoms. The number of nitrogens with two attached hydrogens (primary N) is 1. The van der Waals surface area contributed by atoms with E-state index in [1.807, 2.05) is 0 Å². The van der Waals surface area contributed by atoms with Gasteiger partial charge in [-0.05, 0) is 55.7 Å². The molecule has 1 atom stereocenters. The Morgan fingerprint density at radius 2 is 1.74 bits per heavy atom. The first-order chi connectivity index (χ1) is 9.11. The summed E-state index contributed by atoms with van der Waals surface area (Å²) in [7, 11) is 2.22. The average molecular weight is 260 g/mol. The van der Waals surface area contributed by atoms with Gasteiger partial charge in [-0.3, -0.25) is 0 Å². The van der Waals surface area contributed by atoms with Crippen molar-refractivity contribution >= 4 is 5.69 Å². The third-order valence-corrected chi connectivity index (χ3v) is 4.77. The third kappa shape index (κ3) is 3.50. The molecular formula is C17H28N2. The Bertz CT molecular complexity index is 377. The fourth-order valence-electron chi connectivity index (χ4n) is 2.97. The van der Waals surface area contributed by atoms with Crippen molar-refractivity contribution in [2.45, 2.75) is 64.0 Å². The van der Waals surface area contributed by atoms with Crippen LogP contribution >= 0.6 is 0 Å². The monoisotopic (exact) mass is 260 g/mol. The Morgan fingerprint density at radius 1 is 1.16 bits per heavy atom. The van der Waals surface area contributed by atoms with E-state index in [0.29, 0.717) is 18.0 Å². The van der Waals surface area contributed by atoms with E-state index in [1.165, 1.54) is 43.4 Å². The summed E-state index contributed by atoms with van der Waals surface area (Å²) in [5.74, 6) is 0.659. The van der Waals surface area contributed by atoms with Gasteiger partial charge in [0.05, 0.1) is 0 Å². The van der Waals surface area contributed by atoms with E-state index in [9.17, 15) is 0 Å². The molecular weight excluding hydrogens is 232 g/mol. The van der Waals surface area contributed by atoms with Crippen molar-refractivity contribution in [1.29, 1.82) is 0 Å². The molecule has 1 unspecified atom stereocenters. The highest BCUT2D eigenvalue weighted by atomic mass is 15.1. The van der Waals surface area contributed by atoms with Crippen molar-refractivity contribution in [3.8, 4) is 0 Å². The average Bonchev–Trinajstić information content (AvgIpc) is 2.46. The predicted octanol–water partition coefficient (Wildman–Crippen LogP) is 3.91. The molecule has 0 amide bonds. The SMILES string of the molecule is CCC(C)c1ccc(N(C)C2CCC(N)CC2)cc1. The van der Waals surface area contributed by atoms with Crippen LogP contribution in [0, 0.1) is 0 Å². The number of anilines is 1. The van der Waals surface area contributed by atoms with Crippen LogP contribution in [-0.2, 0) is 0 Å². The largest absolute Gasteiger partial charge is 0.372 e. The van der Waals surface area contributed by atoms with E-state index in [4.69, 9.17) is 5.73 Å². The van der Waals surface area contributed by atoms with Crippen LogP contribution in [-0.4, -0.2) is 19.1 Å². The van der Waals surface area contributed by atoms with Crippen LogP contribution in [0.5, 0.6) is 0 Å². The summed E-state index contributed by atoms with van der Waals surface area (Å²) in [6.07, 6.45) is 5.99. The molecule has 2 heteroatoms. The number of rotatable bonds is 4. The Balaban J connectivity index is 2.01. The highest BCUT2D eigenvalue weighted by Gasteiger charge is 2.22. The van der Waals surface area contributed by atoms with Crippen molar-refractivity contribution in [1.82, 2.24) is 0 Å². The fraction of sp³-hybridized carbons (Fsp3) is 0.647. The summed E-state index contributed by atoms with van der Waals surface area (Å²) < 4.78 is 0. The Kier molecular flexibility index (Phi) is 4.87.